The van der Waals surface area contributed by atoms with Crippen LogP contribution in [0, 0.1) is 6.92 Å². The minimum absolute atomic E-state index is 0.0660. The molecule has 4 N–H and O–H groups in total. The summed E-state index contributed by atoms with van der Waals surface area (Å²) < 4.78 is 1.15. The van der Waals surface area contributed by atoms with Gasteiger partial charge in [0.2, 0.25) is 0 Å². The zero-order valence-corrected chi connectivity index (χ0v) is 8.51. The molecule has 5 heteroatoms. The molecule has 1 heterocycles. The maximum Gasteiger partial charge on any atom is 0.191 e. The largest absolute Gasteiger partial charge is 0.370 e. The molecule has 4 nitrogen and oxygen atoms in total. The van der Waals surface area contributed by atoms with Crippen molar-refractivity contribution in [3.05, 3.63) is 23.2 Å². The highest BCUT2D eigenvalue weighted by molar-refractivity contribution is 7.18. The molecule has 1 aromatic heterocycles. The minimum Gasteiger partial charge on any atom is -0.370 e. The van der Waals surface area contributed by atoms with Crippen molar-refractivity contribution in [2.75, 3.05) is 0 Å². The molecule has 0 spiro atoms. The topological polar surface area (TPSA) is 77.3 Å². The number of aryl methyl sites for hydroxylation is 1. The van der Waals surface area contributed by atoms with E-state index in [9.17, 15) is 0 Å². The molecule has 0 radical (unpaired) electrons. The Balaban J connectivity index is 2.56. The van der Waals surface area contributed by atoms with Crippen molar-refractivity contribution >= 4 is 33.2 Å². The Hall–Kier alpha value is -1.62. The lowest BCUT2D eigenvalue weighted by Crippen LogP contribution is -2.21. The molecule has 2 aromatic rings. The monoisotopic (exact) mass is 206 g/mol. The van der Waals surface area contributed by atoms with E-state index >= 15 is 0 Å². The first kappa shape index (κ1) is 8.96. The third-order valence-electron chi connectivity index (χ3n) is 1.74. The molecule has 1 aromatic carbocycles. The van der Waals surface area contributed by atoms with E-state index in [-0.39, 0.29) is 5.96 Å². The van der Waals surface area contributed by atoms with Gasteiger partial charge in [-0.1, -0.05) is 0 Å². The SMILES string of the molecule is Cc1nc2cc(N=C(N)N)ccc2s1. The molecule has 0 fully saturated rings. The Morgan fingerprint density at radius 2 is 2.21 bits per heavy atom. The second-order valence-corrected chi connectivity index (χ2v) is 4.16. The number of nitrogens with zero attached hydrogens (tertiary/aromatic N) is 2. The van der Waals surface area contributed by atoms with Crippen LogP contribution in [0.4, 0.5) is 5.69 Å². The summed E-state index contributed by atoms with van der Waals surface area (Å²) in [5.74, 6) is 0.0660. The van der Waals surface area contributed by atoms with Gasteiger partial charge in [-0.05, 0) is 25.1 Å². The summed E-state index contributed by atoms with van der Waals surface area (Å²) in [6.45, 7) is 1.98. The summed E-state index contributed by atoms with van der Waals surface area (Å²) in [5.41, 5.74) is 12.2. The highest BCUT2D eigenvalue weighted by Gasteiger charge is 2.00. The van der Waals surface area contributed by atoms with Crippen molar-refractivity contribution in [3.8, 4) is 0 Å². The fourth-order valence-corrected chi connectivity index (χ4v) is 2.06. The first-order valence-corrected chi connectivity index (χ1v) is 4.93. The molecule has 0 saturated carbocycles. The standard InChI is InChI=1S/C9H10N4S/c1-5-12-7-4-6(13-9(10)11)2-3-8(7)14-5/h2-4H,1H3,(H4,10,11,13). The summed E-state index contributed by atoms with van der Waals surface area (Å²) in [4.78, 5) is 8.30. The Kier molecular flexibility index (Phi) is 2.09. The molecule has 0 bridgehead atoms. The maximum atomic E-state index is 5.28. The van der Waals surface area contributed by atoms with E-state index in [0.29, 0.717) is 0 Å². The molecule has 0 unspecified atom stereocenters. The molecule has 0 aliphatic carbocycles. The molecule has 0 amide bonds. The summed E-state index contributed by atoms with van der Waals surface area (Å²) in [5, 5.41) is 1.04. The van der Waals surface area contributed by atoms with Crippen LogP contribution in [0.25, 0.3) is 10.2 Å². The van der Waals surface area contributed by atoms with Gasteiger partial charge in [0.05, 0.1) is 20.9 Å². The molecular formula is C9H10N4S. The maximum absolute atomic E-state index is 5.28. The van der Waals surface area contributed by atoms with Crippen LogP contribution in [-0.4, -0.2) is 10.9 Å². The lowest BCUT2D eigenvalue weighted by molar-refractivity contribution is 1.34. The van der Waals surface area contributed by atoms with Crippen molar-refractivity contribution in [2.24, 2.45) is 16.5 Å². The first-order valence-electron chi connectivity index (χ1n) is 4.12. The Labute approximate surface area is 85.3 Å². The number of rotatable bonds is 1. The zero-order chi connectivity index (χ0) is 10.1. The molecule has 0 atom stereocenters. The summed E-state index contributed by atoms with van der Waals surface area (Å²) >= 11 is 1.66. The fourth-order valence-electron chi connectivity index (χ4n) is 1.25. The second kappa shape index (κ2) is 3.26. The van der Waals surface area contributed by atoms with Gasteiger partial charge < -0.3 is 11.5 Å². The Bertz CT molecular complexity index is 496. The van der Waals surface area contributed by atoms with Gasteiger partial charge in [-0.2, -0.15) is 0 Å². The third kappa shape index (κ3) is 1.67. The average molecular weight is 206 g/mol. The second-order valence-electron chi connectivity index (χ2n) is 2.92. The van der Waals surface area contributed by atoms with Crippen LogP contribution in [-0.2, 0) is 0 Å². The third-order valence-corrected chi connectivity index (χ3v) is 2.69. The van der Waals surface area contributed by atoms with E-state index in [1.807, 2.05) is 25.1 Å². The van der Waals surface area contributed by atoms with E-state index in [2.05, 4.69) is 9.98 Å². The lowest BCUT2D eigenvalue weighted by Gasteiger charge is -1.93. The number of thiazole rings is 1. The Morgan fingerprint density at radius 1 is 1.43 bits per heavy atom. The highest BCUT2D eigenvalue weighted by atomic mass is 32.1. The minimum atomic E-state index is 0.0660. The number of aliphatic imine (C=N–C) groups is 1. The normalized spacial score (nSPS) is 10.4. The van der Waals surface area contributed by atoms with Gasteiger partial charge in [-0.15, -0.1) is 11.3 Å². The van der Waals surface area contributed by atoms with Crippen molar-refractivity contribution in [3.63, 3.8) is 0 Å². The lowest BCUT2D eigenvalue weighted by atomic mass is 10.3. The number of hydrogen-bond acceptors (Lipinski definition) is 3. The fraction of sp³-hybridized carbons (Fsp3) is 0.111. The van der Waals surface area contributed by atoms with E-state index in [1.54, 1.807) is 11.3 Å². The van der Waals surface area contributed by atoms with E-state index in [4.69, 9.17) is 11.5 Å². The molecule has 0 saturated heterocycles. The van der Waals surface area contributed by atoms with E-state index in [0.717, 1.165) is 20.9 Å². The molecule has 14 heavy (non-hydrogen) atoms. The van der Waals surface area contributed by atoms with Crippen molar-refractivity contribution in [1.82, 2.24) is 4.98 Å². The van der Waals surface area contributed by atoms with E-state index in [1.165, 1.54) is 0 Å². The molecule has 2 rings (SSSR count). The number of guanidine groups is 1. The predicted molar refractivity (Wildman–Crippen MR) is 59.8 cm³/mol. The number of benzene rings is 1. The van der Waals surface area contributed by atoms with Crippen LogP contribution in [0.1, 0.15) is 5.01 Å². The molecule has 0 aliphatic rings. The van der Waals surface area contributed by atoms with Crippen LogP contribution in [0.3, 0.4) is 0 Å². The van der Waals surface area contributed by atoms with Crippen LogP contribution in [0.2, 0.25) is 0 Å². The summed E-state index contributed by atoms with van der Waals surface area (Å²) in [7, 11) is 0. The van der Waals surface area contributed by atoms with Crippen molar-refractivity contribution in [1.29, 1.82) is 0 Å². The molecule has 72 valence electrons. The number of aromatic nitrogens is 1. The summed E-state index contributed by atoms with van der Waals surface area (Å²) in [6, 6.07) is 5.72. The van der Waals surface area contributed by atoms with Gasteiger partial charge in [0.25, 0.3) is 0 Å². The number of hydrogen-bond donors (Lipinski definition) is 2. The smallest absolute Gasteiger partial charge is 0.191 e. The Morgan fingerprint density at radius 3 is 2.93 bits per heavy atom. The van der Waals surface area contributed by atoms with Gasteiger partial charge in [0, 0.05) is 0 Å². The van der Waals surface area contributed by atoms with Gasteiger partial charge in [0.15, 0.2) is 5.96 Å². The van der Waals surface area contributed by atoms with Gasteiger partial charge in [-0.3, -0.25) is 0 Å². The van der Waals surface area contributed by atoms with Gasteiger partial charge in [0.1, 0.15) is 0 Å². The van der Waals surface area contributed by atoms with Gasteiger partial charge in [-0.25, -0.2) is 9.98 Å². The highest BCUT2D eigenvalue weighted by Crippen LogP contribution is 2.25. The number of fused-ring (bicyclic) bond motifs is 1. The number of nitrogens with two attached hydrogens (primary N) is 2. The molecular weight excluding hydrogens is 196 g/mol. The van der Waals surface area contributed by atoms with Crippen molar-refractivity contribution in [2.45, 2.75) is 6.92 Å². The van der Waals surface area contributed by atoms with Crippen LogP contribution >= 0.6 is 11.3 Å². The van der Waals surface area contributed by atoms with Crippen molar-refractivity contribution < 1.29 is 0 Å². The van der Waals surface area contributed by atoms with Crippen LogP contribution in [0.15, 0.2) is 23.2 Å². The van der Waals surface area contributed by atoms with Gasteiger partial charge >= 0.3 is 0 Å². The van der Waals surface area contributed by atoms with Crippen LogP contribution < -0.4 is 11.5 Å². The summed E-state index contributed by atoms with van der Waals surface area (Å²) in [6.07, 6.45) is 0. The average Bonchev–Trinajstić information content (AvgIpc) is 2.42. The van der Waals surface area contributed by atoms with Crippen LogP contribution in [0.5, 0.6) is 0 Å². The quantitative estimate of drug-likeness (QED) is 0.548. The first-order chi connectivity index (χ1) is 6.65. The molecule has 0 aliphatic heterocycles. The predicted octanol–water partition coefficient (Wildman–Crippen LogP) is 1.51. The zero-order valence-electron chi connectivity index (χ0n) is 7.69. The van der Waals surface area contributed by atoms with E-state index < -0.39 is 0 Å².